The van der Waals surface area contributed by atoms with E-state index in [0.29, 0.717) is 22.1 Å². The van der Waals surface area contributed by atoms with Crippen molar-refractivity contribution in [2.45, 2.75) is 20.3 Å². The molecule has 0 fully saturated rings. The zero-order valence-electron chi connectivity index (χ0n) is 17.3. The summed E-state index contributed by atoms with van der Waals surface area (Å²) in [6.45, 7) is 2.19. The SMILES string of the molecule is CC(=O)Nc1c(I)c(C(=O)OCOC(=O)Cc2ccccc2)c(I)c(N(C)C(C)=O)c1I. The number of esters is 2. The van der Waals surface area contributed by atoms with E-state index >= 15 is 0 Å². The molecule has 0 spiro atoms. The Balaban J connectivity index is 2.27. The number of nitrogens with zero attached hydrogens (tertiary/aromatic N) is 1. The molecule has 0 aliphatic carbocycles. The Morgan fingerprint density at radius 2 is 1.56 bits per heavy atom. The molecule has 2 amide bonds. The first kappa shape index (κ1) is 26.8. The van der Waals surface area contributed by atoms with Crippen molar-refractivity contribution < 1.29 is 28.7 Å². The van der Waals surface area contributed by atoms with E-state index < -0.39 is 18.7 Å². The van der Waals surface area contributed by atoms with Crippen molar-refractivity contribution in [3.05, 3.63) is 52.2 Å². The van der Waals surface area contributed by atoms with Crippen LogP contribution in [0.15, 0.2) is 30.3 Å². The van der Waals surface area contributed by atoms with Crippen LogP contribution >= 0.6 is 67.8 Å². The van der Waals surface area contributed by atoms with Gasteiger partial charge in [-0.05, 0) is 73.3 Å². The van der Waals surface area contributed by atoms with E-state index in [1.54, 1.807) is 19.2 Å². The van der Waals surface area contributed by atoms with Crippen molar-refractivity contribution in [2.75, 3.05) is 24.1 Å². The third-order valence-electron chi connectivity index (χ3n) is 4.21. The smallest absolute Gasteiger partial charge is 0.343 e. The van der Waals surface area contributed by atoms with Crippen LogP contribution in [0.2, 0.25) is 0 Å². The van der Waals surface area contributed by atoms with Crippen LogP contribution in [-0.2, 0) is 30.3 Å². The van der Waals surface area contributed by atoms with Gasteiger partial charge in [-0.15, -0.1) is 0 Å². The van der Waals surface area contributed by atoms with E-state index in [1.807, 2.05) is 86.0 Å². The number of rotatable bonds is 7. The molecule has 32 heavy (non-hydrogen) atoms. The lowest BCUT2D eigenvalue weighted by molar-refractivity contribution is -0.151. The van der Waals surface area contributed by atoms with E-state index in [1.165, 1.54) is 18.7 Å². The average Bonchev–Trinajstić information content (AvgIpc) is 2.71. The molecule has 0 bridgehead atoms. The Hall–Kier alpha value is -1.49. The first-order chi connectivity index (χ1) is 15.0. The van der Waals surface area contributed by atoms with Crippen molar-refractivity contribution in [1.82, 2.24) is 0 Å². The van der Waals surface area contributed by atoms with Crippen LogP contribution in [0.3, 0.4) is 0 Å². The van der Waals surface area contributed by atoms with Crippen LogP contribution in [0.25, 0.3) is 0 Å². The monoisotopic (exact) mass is 776 g/mol. The summed E-state index contributed by atoms with van der Waals surface area (Å²) in [5.74, 6) is -1.85. The maximum absolute atomic E-state index is 12.9. The fraction of sp³-hybridized carbons (Fsp3) is 0.238. The molecule has 170 valence electrons. The van der Waals surface area contributed by atoms with Gasteiger partial charge >= 0.3 is 11.9 Å². The zero-order valence-corrected chi connectivity index (χ0v) is 23.8. The quantitative estimate of drug-likeness (QED) is 0.255. The number of ether oxygens (including phenoxy) is 2. The van der Waals surface area contributed by atoms with E-state index in [-0.39, 0.29) is 23.8 Å². The number of amides is 2. The Kier molecular flexibility index (Phi) is 10.1. The number of hydrogen-bond donors (Lipinski definition) is 1. The van der Waals surface area contributed by atoms with E-state index in [4.69, 9.17) is 9.47 Å². The summed E-state index contributed by atoms with van der Waals surface area (Å²) < 4.78 is 11.7. The molecule has 11 heteroatoms. The van der Waals surface area contributed by atoms with Crippen LogP contribution in [-0.4, -0.2) is 37.6 Å². The first-order valence-electron chi connectivity index (χ1n) is 9.13. The molecule has 8 nitrogen and oxygen atoms in total. The molecular formula is C21H19I3N2O6. The second-order valence-corrected chi connectivity index (χ2v) is 9.76. The maximum Gasteiger partial charge on any atom is 0.343 e. The highest BCUT2D eigenvalue weighted by Gasteiger charge is 2.28. The molecular weight excluding hydrogens is 757 g/mol. The van der Waals surface area contributed by atoms with Crippen LogP contribution in [0.4, 0.5) is 11.4 Å². The van der Waals surface area contributed by atoms with Crippen molar-refractivity contribution in [3.8, 4) is 0 Å². The number of carbonyl (C=O) groups excluding carboxylic acids is 4. The molecule has 0 aromatic heterocycles. The molecule has 0 saturated heterocycles. The number of nitrogens with one attached hydrogen (secondary N) is 1. The first-order valence-corrected chi connectivity index (χ1v) is 12.4. The molecule has 0 heterocycles. The van der Waals surface area contributed by atoms with Gasteiger partial charge < -0.3 is 19.7 Å². The highest BCUT2D eigenvalue weighted by molar-refractivity contribution is 14.1. The molecule has 0 atom stereocenters. The molecule has 1 N–H and O–H groups in total. The highest BCUT2D eigenvalue weighted by Crippen LogP contribution is 2.40. The largest absolute Gasteiger partial charge is 0.428 e. The van der Waals surface area contributed by atoms with Crippen molar-refractivity contribution in [3.63, 3.8) is 0 Å². The zero-order chi connectivity index (χ0) is 24.0. The molecule has 2 aromatic carbocycles. The molecule has 0 unspecified atom stereocenters. The Bertz CT molecular complexity index is 1060. The summed E-state index contributed by atoms with van der Waals surface area (Å²) in [7, 11) is 1.58. The predicted octanol–water partition coefficient (Wildman–Crippen LogP) is 4.34. The fourth-order valence-electron chi connectivity index (χ4n) is 2.60. The van der Waals surface area contributed by atoms with Gasteiger partial charge in [0.15, 0.2) is 0 Å². The Labute approximate surface area is 226 Å². The van der Waals surface area contributed by atoms with Gasteiger partial charge in [-0.1, -0.05) is 30.3 Å². The van der Waals surface area contributed by atoms with Crippen LogP contribution in [0, 0.1) is 10.7 Å². The standard InChI is InChI=1S/C21H19I3N2O6/c1-11(27)25-19-16(22)15(17(23)20(18(19)24)26(3)12(2)28)21(30)32-10-31-14(29)9-13-7-5-4-6-8-13/h4-8H,9-10H2,1-3H3,(H,25,27). The van der Waals surface area contributed by atoms with Gasteiger partial charge in [-0.25, -0.2) is 4.79 Å². The number of hydrogen-bond acceptors (Lipinski definition) is 6. The summed E-state index contributed by atoms with van der Waals surface area (Å²) in [5, 5.41) is 2.71. The van der Waals surface area contributed by atoms with Crippen molar-refractivity contribution in [2.24, 2.45) is 0 Å². The Morgan fingerprint density at radius 1 is 0.938 bits per heavy atom. The molecule has 0 aliphatic heterocycles. The van der Waals surface area contributed by atoms with Gasteiger partial charge in [0.2, 0.25) is 18.6 Å². The second-order valence-electron chi connectivity index (χ2n) is 6.53. The van der Waals surface area contributed by atoms with Crippen LogP contribution in [0.1, 0.15) is 29.8 Å². The second kappa shape index (κ2) is 12.1. The van der Waals surface area contributed by atoms with E-state index in [9.17, 15) is 19.2 Å². The molecule has 2 aromatic rings. The van der Waals surface area contributed by atoms with Gasteiger partial charge in [0.1, 0.15) is 0 Å². The van der Waals surface area contributed by atoms with E-state index in [2.05, 4.69) is 5.32 Å². The van der Waals surface area contributed by atoms with Gasteiger partial charge in [0.25, 0.3) is 0 Å². The summed E-state index contributed by atoms with van der Waals surface area (Å²) >= 11 is 5.93. The molecule has 0 aliphatic rings. The summed E-state index contributed by atoms with van der Waals surface area (Å²) in [5.41, 5.74) is 1.81. The number of anilines is 2. The van der Waals surface area contributed by atoms with Crippen molar-refractivity contribution >= 4 is 103 Å². The number of halogens is 3. The fourth-order valence-corrected chi connectivity index (χ4v) is 7.20. The number of benzene rings is 2. The highest BCUT2D eigenvalue weighted by atomic mass is 127. The lowest BCUT2D eigenvalue weighted by Gasteiger charge is -2.24. The topological polar surface area (TPSA) is 102 Å². The van der Waals surface area contributed by atoms with Crippen molar-refractivity contribution in [1.29, 1.82) is 0 Å². The summed E-state index contributed by atoms with van der Waals surface area (Å²) in [4.78, 5) is 50.0. The summed E-state index contributed by atoms with van der Waals surface area (Å²) in [6, 6.07) is 9.05. The summed E-state index contributed by atoms with van der Waals surface area (Å²) in [6.07, 6.45) is 0.0528. The lowest BCUT2D eigenvalue weighted by atomic mass is 10.1. The lowest BCUT2D eigenvalue weighted by Crippen LogP contribution is -2.27. The normalized spacial score (nSPS) is 10.3. The predicted molar refractivity (Wildman–Crippen MR) is 145 cm³/mol. The van der Waals surface area contributed by atoms with E-state index in [0.717, 1.165) is 5.56 Å². The van der Waals surface area contributed by atoms with Gasteiger partial charge in [0, 0.05) is 20.9 Å². The molecule has 2 rings (SSSR count). The van der Waals surface area contributed by atoms with Gasteiger partial charge in [0.05, 0.1) is 34.1 Å². The Morgan fingerprint density at radius 3 is 2.12 bits per heavy atom. The third kappa shape index (κ3) is 6.76. The third-order valence-corrected chi connectivity index (χ3v) is 7.39. The van der Waals surface area contributed by atoms with Gasteiger partial charge in [-0.3, -0.25) is 14.4 Å². The van der Waals surface area contributed by atoms with Crippen LogP contribution in [0.5, 0.6) is 0 Å². The minimum Gasteiger partial charge on any atom is -0.428 e. The molecule has 0 saturated carbocycles. The minimum atomic E-state index is -0.743. The maximum atomic E-state index is 12.9. The van der Waals surface area contributed by atoms with Crippen LogP contribution < -0.4 is 10.2 Å². The molecule has 0 radical (unpaired) electrons. The minimum absolute atomic E-state index is 0.0528. The number of carbonyl (C=O) groups is 4. The average molecular weight is 776 g/mol. The van der Waals surface area contributed by atoms with Gasteiger partial charge in [-0.2, -0.15) is 0 Å².